The number of halogens is 1. The number of benzene rings is 1. The molecule has 8 nitrogen and oxygen atoms in total. The molecule has 2 fully saturated rings. The van der Waals surface area contributed by atoms with Gasteiger partial charge in [0.05, 0.1) is 35.8 Å². The van der Waals surface area contributed by atoms with E-state index in [0.29, 0.717) is 23.7 Å². The molecule has 2 aliphatic heterocycles. The van der Waals surface area contributed by atoms with Crippen LogP contribution in [-0.2, 0) is 21.4 Å². The second kappa shape index (κ2) is 7.75. The normalized spacial score (nSPS) is 23.5. The van der Waals surface area contributed by atoms with Gasteiger partial charge in [0.2, 0.25) is 5.91 Å². The van der Waals surface area contributed by atoms with Crippen LogP contribution in [0.3, 0.4) is 0 Å². The van der Waals surface area contributed by atoms with E-state index in [9.17, 15) is 14.4 Å². The van der Waals surface area contributed by atoms with Gasteiger partial charge in [-0.1, -0.05) is 41.9 Å². The Labute approximate surface area is 179 Å². The summed E-state index contributed by atoms with van der Waals surface area (Å²) >= 11 is 6.28. The Bertz CT molecular complexity index is 1010. The number of ether oxygens (including phenoxy) is 1. The van der Waals surface area contributed by atoms with Crippen molar-refractivity contribution in [3.05, 3.63) is 52.3 Å². The summed E-state index contributed by atoms with van der Waals surface area (Å²) in [6.45, 7) is 1.97. The molecule has 3 atom stereocenters. The number of amides is 2. The molecule has 9 heteroatoms. The van der Waals surface area contributed by atoms with Crippen LogP contribution in [0.25, 0.3) is 0 Å². The second-order valence-corrected chi connectivity index (χ2v) is 8.11. The quantitative estimate of drug-likeness (QED) is 0.695. The van der Waals surface area contributed by atoms with Crippen LogP contribution in [0.4, 0.5) is 0 Å². The molecule has 0 aliphatic carbocycles. The molecular formula is C21H23ClN4O4. The lowest BCUT2D eigenvalue weighted by molar-refractivity contribution is -0.147. The van der Waals surface area contributed by atoms with Crippen LogP contribution in [0.1, 0.15) is 34.2 Å². The van der Waals surface area contributed by atoms with Crippen molar-refractivity contribution < 1.29 is 19.1 Å². The molecule has 2 amide bonds. The fraction of sp³-hybridized carbons (Fsp3) is 0.429. The van der Waals surface area contributed by atoms with Crippen LogP contribution in [-0.4, -0.2) is 63.6 Å². The van der Waals surface area contributed by atoms with E-state index in [1.807, 2.05) is 30.3 Å². The number of carbonyl (C=O) groups excluding carboxylic acids is 3. The van der Waals surface area contributed by atoms with Crippen molar-refractivity contribution in [2.24, 2.45) is 13.0 Å². The maximum absolute atomic E-state index is 13.2. The molecule has 2 saturated heterocycles. The Hall–Kier alpha value is -2.87. The highest BCUT2D eigenvalue weighted by molar-refractivity contribution is 6.34. The summed E-state index contributed by atoms with van der Waals surface area (Å²) in [5.41, 5.74) is 1.70. The number of fused-ring (bicyclic) bond motifs is 1. The van der Waals surface area contributed by atoms with Gasteiger partial charge in [0.15, 0.2) is 0 Å². The average molecular weight is 431 g/mol. The zero-order valence-electron chi connectivity index (χ0n) is 17.0. The lowest BCUT2D eigenvalue weighted by atomic mass is 9.93. The summed E-state index contributed by atoms with van der Waals surface area (Å²) in [5, 5.41) is 4.48. The fourth-order valence-corrected chi connectivity index (χ4v) is 4.87. The maximum Gasteiger partial charge on any atom is 0.311 e. The molecule has 2 aliphatic rings. The topological polar surface area (TPSA) is 84.7 Å². The summed E-state index contributed by atoms with van der Waals surface area (Å²) in [6.07, 6.45) is 0.430. The van der Waals surface area contributed by atoms with Crippen LogP contribution in [0.2, 0.25) is 5.02 Å². The van der Waals surface area contributed by atoms with Crippen molar-refractivity contribution in [3.8, 4) is 0 Å². The number of aryl methyl sites for hydroxylation is 2. The Balaban J connectivity index is 1.65. The largest absolute Gasteiger partial charge is 0.469 e. The van der Waals surface area contributed by atoms with Crippen molar-refractivity contribution in [1.29, 1.82) is 0 Å². The number of hydrogen-bond donors (Lipinski definition) is 0. The zero-order chi connectivity index (χ0) is 21.6. The number of carbonyl (C=O) groups is 3. The molecule has 0 N–H and O–H groups in total. The summed E-state index contributed by atoms with van der Waals surface area (Å²) in [7, 11) is 3.00. The van der Waals surface area contributed by atoms with Crippen molar-refractivity contribution >= 4 is 29.4 Å². The molecule has 3 heterocycles. The van der Waals surface area contributed by atoms with Gasteiger partial charge in [-0.15, -0.1) is 0 Å². The second-order valence-electron chi connectivity index (χ2n) is 7.73. The Morgan fingerprint density at radius 1 is 1.23 bits per heavy atom. The number of rotatable bonds is 3. The molecule has 4 rings (SSSR count). The first-order chi connectivity index (χ1) is 14.3. The van der Waals surface area contributed by atoms with Gasteiger partial charge in [0.25, 0.3) is 5.91 Å². The Kier molecular flexibility index (Phi) is 5.27. The average Bonchev–Trinajstić information content (AvgIpc) is 3.25. The minimum absolute atomic E-state index is 0.0763. The van der Waals surface area contributed by atoms with Gasteiger partial charge in [-0.05, 0) is 18.9 Å². The van der Waals surface area contributed by atoms with Gasteiger partial charge in [-0.2, -0.15) is 5.10 Å². The highest BCUT2D eigenvalue weighted by Gasteiger charge is 2.51. The molecule has 0 bridgehead atoms. The van der Waals surface area contributed by atoms with E-state index in [2.05, 4.69) is 5.10 Å². The van der Waals surface area contributed by atoms with Gasteiger partial charge in [0.1, 0.15) is 12.2 Å². The predicted octanol–water partition coefficient (Wildman–Crippen LogP) is 1.97. The van der Waals surface area contributed by atoms with Gasteiger partial charge < -0.3 is 14.5 Å². The van der Waals surface area contributed by atoms with Crippen LogP contribution >= 0.6 is 11.6 Å². The third-order valence-corrected chi connectivity index (χ3v) is 6.38. The highest BCUT2D eigenvalue weighted by atomic mass is 35.5. The molecule has 0 saturated carbocycles. The van der Waals surface area contributed by atoms with E-state index in [0.717, 1.165) is 5.56 Å². The molecule has 1 aromatic heterocycles. The number of hydrogen-bond acceptors (Lipinski definition) is 5. The number of esters is 1. The van der Waals surface area contributed by atoms with Crippen LogP contribution in [0, 0.1) is 12.8 Å². The molecule has 30 heavy (non-hydrogen) atoms. The first-order valence-electron chi connectivity index (χ1n) is 9.75. The van der Waals surface area contributed by atoms with Gasteiger partial charge in [-0.25, -0.2) is 0 Å². The first kappa shape index (κ1) is 20.4. The van der Waals surface area contributed by atoms with E-state index in [1.54, 1.807) is 18.9 Å². The lowest BCUT2D eigenvalue weighted by Gasteiger charge is -2.40. The van der Waals surface area contributed by atoms with Crippen LogP contribution in [0.5, 0.6) is 0 Å². The standard InChI is InChI=1S/C21H23ClN4O4/c1-12-17(22)19(24(2)23-12)20(28)25-10-14-9-15(21(29)30-3)18(26(14)16(27)11-25)13-7-5-4-6-8-13/h4-8,14-15,18H,9-11H2,1-3H3/t14-,15-,18-/m0/s1. The summed E-state index contributed by atoms with van der Waals surface area (Å²) in [4.78, 5) is 42.0. The smallest absolute Gasteiger partial charge is 0.311 e. The molecule has 2 aromatic rings. The first-order valence-corrected chi connectivity index (χ1v) is 10.1. The molecule has 0 unspecified atom stereocenters. The molecule has 0 radical (unpaired) electrons. The van der Waals surface area contributed by atoms with E-state index in [-0.39, 0.29) is 36.1 Å². The van der Waals surface area contributed by atoms with Gasteiger partial charge in [0, 0.05) is 13.6 Å². The predicted molar refractivity (Wildman–Crippen MR) is 109 cm³/mol. The molecule has 1 aromatic carbocycles. The fourth-order valence-electron chi connectivity index (χ4n) is 4.63. The summed E-state index contributed by atoms with van der Waals surface area (Å²) in [5.74, 6) is -1.37. The maximum atomic E-state index is 13.2. The Morgan fingerprint density at radius 3 is 2.53 bits per heavy atom. The van der Waals surface area contributed by atoms with E-state index < -0.39 is 12.0 Å². The SMILES string of the molecule is COC(=O)[C@H]1C[C@H]2CN(C(=O)c3c(Cl)c(C)nn3C)CC(=O)N2[C@H]1c1ccccc1. The zero-order valence-corrected chi connectivity index (χ0v) is 17.8. The minimum Gasteiger partial charge on any atom is -0.469 e. The molecule has 158 valence electrons. The highest BCUT2D eigenvalue weighted by Crippen LogP contribution is 2.43. The van der Waals surface area contributed by atoms with Crippen LogP contribution in [0.15, 0.2) is 30.3 Å². The Morgan fingerprint density at radius 2 is 1.93 bits per heavy atom. The third-order valence-electron chi connectivity index (χ3n) is 5.93. The van der Waals surface area contributed by atoms with Crippen molar-refractivity contribution in [2.45, 2.75) is 25.4 Å². The van der Waals surface area contributed by atoms with E-state index in [4.69, 9.17) is 16.3 Å². The molecule has 0 spiro atoms. The number of piperazine rings is 1. The van der Waals surface area contributed by atoms with Gasteiger partial charge >= 0.3 is 5.97 Å². The van der Waals surface area contributed by atoms with Crippen molar-refractivity contribution in [1.82, 2.24) is 19.6 Å². The summed E-state index contributed by atoms with van der Waals surface area (Å²) < 4.78 is 6.46. The lowest BCUT2D eigenvalue weighted by Crippen LogP contribution is -2.56. The minimum atomic E-state index is -0.482. The van der Waals surface area contributed by atoms with E-state index >= 15 is 0 Å². The van der Waals surface area contributed by atoms with Crippen molar-refractivity contribution in [3.63, 3.8) is 0 Å². The number of aromatic nitrogens is 2. The monoisotopic (exact) mass is 430 g/mol. The molecular weight excluding hydrogens is 408 g/mol. The van der Waals surface area contributed by atoms with Crippen LogP contribution < -0.4 is 0 Å². The van der Waals surface area contributed by atoms with Gasteiger partial charge in [-0.3, -0.25) is 19.1 Å². The number of nitrogens with zero attached hydrogens (tertiary/aromatic N) is 4. The summed E-state index contributed by atoms with van der Waals surface area (Å²) in [6, 6.07) is 8.79. The number of methoxy groups -OCH3 is 1. The van der Waals surface area contributed by atoms with Crippen molar-refractivity contribution in [2.75, 3.05) is 20.2 Å². The van der Waals surface area contributed by atoms with E-state index in [1.165, 1.54) is 16.7 Å². The third kappa shape index (κ3) is 3.25.